The smallest absolute Gasteiger partial charge is 0.406 e. The van der Waals surface area contributed by atoms with Gasteiger partial charge in [-0.1, -0.05) is 11.3 Å². The first-order valence-corrected chi connectivity index (χ1v) is 10.5. The molecule has 1 atom stereocenters. The molecule has 0 aliphatic heterocycles. The van der Waals surface area contributed by atoms with E-state index in [4.69, 9.17) is 0 Å². The minimum Gasteiger partial charge on any atom is -0.406 e. The minimum absolute atomic E-state index is 0.0731. The zero-order valence-corrected chi connectivity index (χ0v) is 17.9. The largest absolute Gasteiger partial charge is 0.573 e. The zero-order valence-electron chi connectivity index (χ0n) is 17.1. The fourth-order valence-electron chi connectivity index (χ4n) is 3.22. The molecular weight excluding hydrogens is 445 g/mol. The molecule has 4 rings (SSSR count). The number of hydrogen-bond donors (Lipinski definition) is 2. The van der Waals surface area contributed by atoms with Gasteiger partial charge in [0.25, 0.3) is 0 Å². The van der Waals surface area contributed by atoms with Gasteiger partial charge in [0.2, 0.25) is 5.95 Å². The van der Waals surface area contributed by atoms with Gasteiger partial charge in [0.15, 0.2) is 10.9 Å². The van der Waals surface area contributed by atoms with Crippen LogP contribution in [0.15, 0.2) is 36.4 Å². The third-order valence-electron chi connectivity index (χ3n) is 4.80. The summed E-state index contributed by atoms with van der Waals surface area (Å²) in [6, 6.07) is 9.17. The van der Waals surface area contributed by atoms with E-state index >= 15 is 0 Å². The monoisotopic (exact) mass is 464 g/mol. The number of carbonyl (C=O) groups excluding carboxylic acids is 1. The van der Waals surface area contributed by atoms with Crippen LogP contribution in [0.1, 0.15) is 30.1 Å². The van der Waals surface area contributed by atoms with Crippen molar-refractivity contribution in [2.24, 2.45) is 7.05 Å². The number of alkyl halides is 3. The van der Waals surface area contributed by atoms with E-state index in [1.165, 1.54) is 29.5 Å². The molecule has 168 valence electrons. The molecular formula is C21H19F3N4O3S. The van der Waals surface area contributed by atoms with E-state index < -0.39 is 12.5 Å². The molecule has 2 aromatic heterocycles. The maximum atomic E-state index is 12.4. The molecule has 32 heavy (non-hydrogen) atoms. The number of aromatic nitrogens is 3. The summed E-state index contributed by atoms with van der Waals surface area (Å²) < 4.78 is 43.6. The van der Waals surface area contributed by atoms with Crippen LogP contribution in [0.3, 0.4) is 0 Å². The molecule has 4 aromatic rings. The molecule has 11 heteroatoms. The molecule has 0 amide bonds. The number of halogens is 3. The second-order valence-corrected chi connectivity index (χ2v) is 8.36. The topological polar surface area (TPSA) is 89.3 Å². The van der Waals surface area contributed by atoms with Crippen molar-refractivity contribution in [3.05, 3.63) is 42.0 Å². The highest BCUT2D eigenvalue weighted by atomic mass is 32.1. The number of nitrogens with one attached hydrogen (secondary N) is 1. The van der Waals surface area contributed by atoms with Gasteiger partial charge in [0.05, 0.1) is 27.4 Å². The Hall–Kier alpha value is -3.18. The van der Waals surface area contributed by atoms with Crippen molar-refractivity contribution in [1.82, 2.24) is 14.5 Å². The standard InChI is InChI=1S/C21H19F3N4O3S/c1-11(29)3-8-17(30)12-4-7-16-15(9-12)25-19(28(16)2)27-20-26-14-6-5-13(10-18(14)32-20)31-21(22,23)24/h4-7,9-11,29H,3,8H2,1-2H3,(H,25,26,27). The van der Waals surface area contributed by atoms with Gasteiger partial charge in [-0.2, -0.15) is 0 Å². The summed E-state index contributed by atoms with van der Waals surface area (Å²) in [5, 5.41) is 12.9. The van der Waals surface area contributed by atoms with Crippen molar-refractivity contribution in [3.8, 4) is 5.75 Å². The lowest BCUT2D eigenvalue weighted by atomic mass is 10.0. The number of hydrogen-bond acceptors (Lipinski definition) is 7. The third kappa shape index (κ3) is 4.83. The Kier molecular flexibility index (Phi) is 5.78. The Labute approximate surface area is 184 Å². The molecule has 2 N–H and O–H groups in total. The molecule has 7 nitrogen and oxygen atoms in total. The number of aryl methyl sites for hydroxylation is 1. The number of carbonyl (C=O) groups is 1. The van der Waals surface area contributed by atoms with Crippen molar-refractivity contribution in [1.29, 1.82) is 0 Å². The first-order valence-electron chi connectivity index (χ1n) is 9.70. The van der Waals surface area contributed by atoms with E-state index in [9.17, 15) is 23.1 Å². The number of aliphatic hydroxyl groups is 1. The van der Waals surface area contributed by atoms with Crippen LogP contribution >= 0.6 is 11.3 Å². The van der Waals surface area contributed by atoms with Gasteiger partial charge >= 0.3 is 6.36 Å². The Morgan fingerprint density at radius 1 is 1.22 bits per heavy atom. The van der Waals surface area contributed by atoms with Gasteiger partial charge in [-0.25, -0.2) is 9.97 Å². The summed E-state index contributed by atoms with van der Waals surface area (Å²) >= 11 is 1.17. The van der Waals surface area contributed by atoms with E-state index in [2.05, 4.69) is 20.0 Å². The number of fused-ring (bicyclic) bond motifs is 2. The molecule has 0 aliphatic carbocycles. The first kappa shape index (κ1) is 22.0. The van der Waals surface area contributed by atoms with Crippen LogP contribution in [0, 0.1) is 0 Å². The van der Waals surface area contributed by atoms with Crippen LogP contribution in [0.2, 0.25) is 0 Å². The number of thiazole rings is 1. The number of Topliss-reactive ketones (excluding diaryl/α,β-unsaturated/α-hetero) is 1. The lowest BCUT2D eigenvalue weighted by Crippen LogP contribution is -2.16. The molecule has 1 unspecified atom stereocenters. The predicted molar refractivity (Wildman–Crippen MR) is 116 cm³/mol. The molecule has 0 spiro atoms. The molecule has 0 fully saturated rings. The maximum absolute atomic E-state index is 12.4. The van der Waals surface area contributed by atoms with Gasteiger partial charge in [-0.3, -0.25) is 4.79 Å². The molecule has 0 saturated carbocycles. The van der Waals surface area contributed by atoms with E-state index in [0.717, 1.165) is 5.52 Å². The SMILES string of the molecule is CC(O)CCC(=O)c1ccc2c(c1)nc(Nc1nc3ccc(OC(F)(F)F)cc3s1)n2C. The summed E-state index contributed by atoms with van der Waals surface area (Å²) in [6.45, 7) is 1.64. The highest BCUT2D eigenvalue weighted by Gasteiger charge is 2.31. The zero-order chi connectivity index (χ0) is 23.0. The Morgan fingerprint density at radius 3 is 2.72 bits per heavy atom. The quantitative estimate of drug-likeness (QED) is 0.367. The fraction of sp³-hybridized carbons (Fsp3) is 0.286. The van der Waals surface area contributed by atoms with Crippen LogP contribution in [0.4, 0.5) is 24.3 Å². The highest BCUT2D eigenvalue weighted by molar-refractivity contribution is 7.22. The van der Waals surface area contributed by atoms with Crippen molar-refractivity contribution in [2.45, 2.75) is 32.2 Å². The molecule has 0 radical (unpaired) electrons. The number of aliphatic hydroxyl groups excluding tert-OH is 1. The van der Waals surface area contributed by atoms with Gasteiger partial charge in [-0.15, -0.1) is 13.2 Å². The molecule has 2 heterocycles. The van der Waals surface area contributed by atoms with Crippen LogP contribution in [0.5, 0.6) is 5.75 Å². The van der Waals surface area contributed by atoms with Crippen molar-refractivity contribution in [3.63, 3.8) is 0 Å². The van der Waals surface area contributed by atoms with Crippen LogP contribution in [-0.2, 0) is 7.05 Å². The van der Waals surface area contributed by atoms with Crippen molar-refractivity contribution >= 4 is 49.4 Å². The minimum atomic E-state index is -4.76. The van der Waals surface area contributed by atoms with E-state index in [0.29, 0.717) is 38.8 Å². The van der Waals surface area contributed by atoms with Gasteiger partial charge in [-0.05, 0) is 43.7 Å². The normalized spacial score (nSPS) is 12.9. The molecule has 0 aliphatic rings. The first-order chi connectivity index (χ1) is 15.1. The van der Waals surface area contributed by atoms with E-state index in [-0.39, 0.29) is 18.0 Å². The summed E-state index contributed by atoms with van der Waals surface area (Å²) in [7, 11) is 1.80. The number of nitrogens with zero attached hydrogens (tertiary/aromatic N) is 3. The Bertz CT molecular complexity index is 1300. The summed E-state index contributed by atoms with van der Waals surface area (Å²) in [5.41, 5.74) is 2.44. The number of anilines is 2. The lowest BCUT2D eigenvalue weighted by molar-refractivity contribution is -0.274. The summed E-state index contributed by atoms with van der Waals surface area (Å²) in [4.78, 5) is 21.2. The molecule has 0 bridgehead atoms. The number of rotatable bonds is 7. The van der Waals surface area contributed by atoms with Gasteiger partial charge in [0, 0.05) is 25.1 Å². The van der Waals surface area contributed by atoms with Gasteiger partial charge in [0.1, 0.15) is 5.75 Å². The Morgan fingerprint density at radius 2 is 2.00 bits per heavy atom. The van der Waals surface area contributed by atoms with E-state index in [1.54, 1.807) is 36.7 Å². The van der Waals surface area contributed by atoms with E-state index in [1.807, 2.05) is 0 Å². The fourth-order valence-corrected chi connectivity index (χ4v) is 4.11. The highest BCUT2D eigenvalue weighted by Crippen LogP contribution is 2.33. The molecule has 0 saturated heterocycles. The lowest BCUT2D eigenvalue weighted by Gasteiger charge is -2.07. The van der Waals surface area contributed by atoms with Crippen molar-refractivity contribution in [2.75, 3.05) is 5.32 Å². The molecule has 2 aromatic carbocycles. The average molecular weight is 464 g/mol. The summed E-state index contributed by atoms with van der Waals surface area (Å²) in [6.07, 6.45) is -4.67. The summed E-state index contributed by atoms with van der Waals surface area (Å²) in [5.74, 6) is 0.0890. The average Bonchev–Trinajstić information content (AvgIpc) is 3.24. The van der Waals surface area contributed by atoms with Crippen LogP contribution in [0.25, 0.3) is 21.3 Å². The second-order valence-electron chi connectivity index (χ2n) is 7.33. The van der Waals surface area contributed by atoms with Crippen LogP contribution in [-0.4, -0.2) is 37.9 Å². The third-order valence-corrected chi connectivity index (χ3v) is 5.74. The Balaban J connectivity index is 1.57. The van der Waals surface area contributed by atoms with Crippen molar-refractivity contribution < 1.29 is 27.8 Å². The van der Waals surface area contributed by atoms with Crippen LogP contribution < -0.4 is 10.1 Å². The predicted octanol–water partition coefficient (Wildman–Crippen LogP) is 5.17. The number of benzene rings is 2. The second kappa shape index (κ2) is 8.40. The van der Waals surface area contributed by atoms with Gasteiger partial charge < -0.3 is 19.7 Å². The number of imidazole rings is 1. The maximum Gasteiger partial charge on any atom is 0.573 e. The number of ketones is 1. The number of ether oxygens (including phenoxy) is 1.